The zero-order valence-electron chi connectivity index (χ0n) is 23.8. The van der Waals surface area contributed by atoms with Crippen LogP contribution in [0, 0.1) is 0 Å². The van der Waals surface area contributed by atoms with Gasteiger partial charge < -0.3 is 9.80 Å². The molecule has 0 saturated heterocycles. The van der Waals surface area contributed by atoms with E-state index < -0.39 is 0 Å². The summed E-state index contributed by atoms with van der Waals surface area (Å²) in [6.45, 7) is 5.32. The lowest BCUT2D eigenvalue weighted by Crippen LogP contribution is -2.64. The van der Waals surface area contributed by atoms with Crippen molar-refractivity contribution in [2.75, 3.05) is 9.80 Å². The molecule has 4 aliphatic rings. The monoisotopic (exact) mass is 528 g/mol. The van der Waals surface area contributed by atoms with Crippen LogP contribution in [0.3, 0.4) is 0 Å². The van der Waals surface area contributed by atoms with E-state index in [1.54, 1.807) is 5.56 Å². The van der Waals surface area contributed by atoms with Crippen molar-refractivity contribution in [3.63, 3.8) is 0 Å². The third kappa shape index (κ3) is 2.89. The summed E-state index contributed by atoms with van der Waals surface area (Å²) in [5.74, 6) is 0. The van der Waals surface area contributed by atoms with Crippen molar-refractivity contribution in [1.29, 1.82) is 0 Å². The first kappa shape index (κ1) is 23.5. The van der Waals surface area contributed by atoms with Crippen LogP contribution in [0.1, 0.15) is 45.1 Å². The van der Waals surface area contributed by atoms with Gasteiger partial charge in [0.05, 0.1) is 5.54 Å². The van der Waals surface area contributed by atoms with Crippen molar-refractivity contribution < 1.29 is 0 Å². The zero-order valence-corrected chi connectivity index (χ0v) is 23.8. The summed E-state index contributed by atoms with van der Waals surface area (Å²) in [6, 6.07) is 43.2. The van der Waals surface area contributed by atoms with Crippen molar-refractivity contribution in [3.05, 3.63) is 121 Å². The summed E-state index contributed by atoms with van der Waals surface area (Å²) in [5.41, 5.74) is 15.3. The minimum atomic E-state index is 0.0340. The molecule has 2 unspecified atom stereocenters. The maximum Gasteiger partial charge on any atom is 0.252 e. The number of para-hydroxylation sites is 3. The van der Waals surface area contributed by atoms with Crippen molar-refractivity contribution in [2.24, 2.45) is 0 Å². The molecule has 0 aromatic heterocycles. The second kappa shape index (κ2) is 8.16. The summed E-state index contributed by atoms with van der Waals surface area (Å²) in [6.07, 6.45) is 5.05. The molecule has 3 heteroatoms. The Morgan fingerprint density at radius 2 is 1.29 bits per heavy atom. The normalized spacial score (nSPS) is 23.0. The highest BCUT2D eigenvalue weighted by molar-refractivity contribution is 7.00. The Kier molecular flexibility index (Phi) is 4.67. The van der Waals surface area contributed by atoms with Crippen LogP contribution in [0.15, 0.2) is 115 Å². The van der Waals surface area contributed by atoms with Gasteiger partial charge in [0.2, 0.25) is 0 Å². The lowest BCUT2D eigenvalue weighted by atomic mass is 9.33. The van der Waals surface area contributed by atoms with E-state index in [9.17, 15) is 0 Å². The van der Waals surface area contributed by atoms with Crippen LogP contribution in [0.25, 0.3) is 11.1 Å². The molecule has 5 aromatic carbocycles. The number of anilines is 5. The first-order valence-corrected chi connectivity index (χ1v) is 15.2. The largest absolute Gasteiger partial charge is 0.335 e. The fourth-order valence-corrected chi connectivity index (χ4v) is 8.88. The van der Waals surface area contributed by atoms with E-state index in [0.29, 0.717) is 0 Å². The fourth-order valence-electron chi connectivity index (χ4n) is 8.88. The summed E-state index contributed by atoms with van der Waals surface area (Å²) in [5, 5.41) is 0. The van der Waals surface area contributed by atoms with Gasteiger partial charge in [-0.05, 0) is 83.2 Å². The van der Waals surface area contributed by atoms with E-state index in [1.807, 2.05) is 0 Å². The Hall–Kier alpha value is -4.24. The summed E-state index contributed by atoms with van der Waals surface area (Å²) < 4.78 is 0. The second-order valence-electron chi connectivity index (χ2n) is 12.8. The predicted molar refractivity (Wildman–Crippen MR) is 174 cm³/mol. The molecule has 3 aliphatic heterocycles. The molecule has 0 radical (unpaired) electrons. The Labute approximate surface area is 243 Å². The first-order valence-electron chi connectivity index (χ1n) is 15.2. The van der Waals surface area contributed by atoms with Crippen LogP contribution in [0.2, 0.25) is 0 Å². The maximum absolute atomic E-state index is 2.82. The van der Waals surface area contributed by atoms with Gasteiger partial charge in [0, 0.05) is 33.9 Å². The van der Waals surface area contributed by atoms with Gasteiger partial charge in [-0.25, -0.2) is 0 Å². The number of hydrogen-bond donors (Lipinski definition) is 0. The highest BCUT2D eigenvalue weighted by atomic mass is 15.3. The Balaban J connectivity index is 1.43. The highest BCUT2D eigenvalue weighted by Crippen LogP contribution is 2.61. The number of benzene rings is 5. The molecule has 1 aliphatic carbocycles. The van der Waals surface area contributed by atoms with Crippen LogP contribution < -0.4 is 26.2 Å². The molecule has 0 spiro atoms. The van der Waals surface area contributed by atoms with Gasteiger partial charge in [-0.3, -0.25) is 0 Å². The SMILES string of the molecule is CC12CCCCC1(C)N1c3cc(-c4ccccc4)cc4c3B(c3ccccc3N4c3ccccc3)c3cccc2c31. The molecular weight excluding hydrogens is 495 g/mol. The molecule has 2 nitrogen and oxygen atoms in total. The lowest BCUT2D eigenvalue weighted by Gasteiger charge is -2.52. The number of rotatable bonds is 2. The molecule has 0 bridgehead atoms. The summed E-state index contributed by atoms with van der Waals surface area (Å²) >= 11 is 0. The molecule has 9 rings (SSSR count). The van der Waals surface area contributed by atoms with Crippen LogP contribution >= 0.6 is 0 Å². The fraction of sp³-hybridized carbons (Fsp3) is 0.211. The van der Waals surface area contributed by atoms with Gasteiger partial charge in [0.1, 0.15) is 0 Å². The standard InChI is InChI=1S/C38H33BN2/c1-37-22-11-12-23-38(37,2)41-34-25-27(26-14-5-3-6-15-26)24-33-35(34)39(31-20-13-18-29(37)36(31)41)30-19-9-10-21-32(30)40(33)28-16-7-4-8-17-28/h3-10,13-21,24-25H,11-12,22-23H2,1-2H3. The maximum atomic E-state index is 2.82. The predicted octanol–water partition coefficient (Wildman–Crippen LogP) is 7.71. The smallest absolute Gasteiger partial charge is 0.252 e. The number of nitrogens with zero attached hydrogens (tertiary/aromatic N) is 2. The molecule has 3 heterocycles. The van der Waals surface area contributed by atoms with Gasteiger partial charge in [0.25, 0.3) is 6.71 Å². The summed E-state index contributed by atoms with van der Waals surface area (Å²) in [7, 11) is 0. The van der Waals surface area contributed by atoms with E-state index in [0.717, 1.165) is 0 Å². The van der Waals surface area contributed by atoms with Crippen LogP contribution in [-0.4, -0.2) is 12.3 Å². The molecule has 0 amide bonds. The topological polar surface area (TPSA) is 6.48 Å². The molecule has 41 heavy (non-hydrogen) atoms. The third-order valence-electron chi connectivity index (χ3n) is 11.0. The van der Waals surface area contributed by atoms with Crippen LogP contribution in [-0.2, 0) is 5.41 Å². The molecule has 1 fully saturated rings. The molecule has 5 aromatic rings. The van der Waals surface area contributed by atoms with E-state index in [1.165, 1.54) is 81.6 Å². The van der Waals surface area contributed by atoms with Crippen molar-refractivity contribution in [3.8, 4) is 11.1 Å². The zero-order chi connectivity index (χ0) is 27.3. The Bertz CT molecular complexity index is 1850. The van der Waals surface area contributed by atoms with Gasteiger partial charge >= 0.3 is 0 Å². The number of fused-ring (bicyclic) bond motifs is 7. The van der Waals surface area contributed by atoms with Crippen LogP contribution in [0.5, 0.6) is 0 Å². The van der Waals surface area contributed by atoms with E-state index in [2.05, 4.69) is 139 Å². The molecule has 1 saturated carbocycles. The number of hydrogen-bond acceptors (Lipinski definition) is 2. The average Bonchev–Trinajstić information content (AvgIpc) is 3.24. The molecule has 198 valence electrons. The Morgan fingerprint density at radius 3 is 2.12 bits per heavy atom. The summed E-state index contributed by atoms with van der Waals surface area (Å²) in [4.78, 5) is 5.33. The van der Waals surface area contributed by atoms with E-state index >= 15 is 0 Å². The van der Waals surface area contributed by atoms with Gasteiger partial charge in [0.15, 0.2) is 0 Å². The quantitative estimate of drug-likeness (QED) is 0.213. The second-order valence-corrected chi connectivity index (χ2v) is 12.8. The van der Waals surface area contributed by atoms with Gasteiger partial charge in [-0.1, -0.05) is 105 Å². The van der Waals surface area contributed by atoms with E-state index in [4.69, 9.17) is 0 Å². The molecule has 2 atom stereocenters. The minimum absolute atomic E-state index is 0.0340. The van der Waals surface area contributed by atoms with Gasteiger partial charge in [-0.15, -0.1) is 0 Å². The first-order chi connectivity index (χ1) is 20.1. The van der Waals surface area contributed by atoms with Gasteiger partial charge in [-0.2, -0.15) is 0 Å². The average molecular weight is 529 g/mol. The Morgan fingerprint density at radius 1 is 0.610 bits per heavy atom. The van der Waals surface area contributed by atoms with E-state index in [-0.39, 0.29) is 17.7 Å². The van der Waals surface area contributed by atoms with Crippen molar-refractivity contribution in [2.45, 2.75) is 50.5 Å². The third-order valence-corrected chi connectivity index (χ3v) is 11.0. The van der Waals surface area contributed by atoms with Crippen LogP contribution in [0.4, 0.5) is 28.4 Å². The van der Waals surface area contributed by atoms with Crippen molar-refractivity contribution >= 4 is 51.5 Å². The van der Waals surface area contributed by atoms with Crippen molar-refractivity contribution in [1.82, 2.24) is 0 Å². The highest BCUT2D eigenvalue weighted by Gasteiger charge is 2.61. The minimum Gasteiger partial charge on any atom is -0.335 e. The molecular formula is C38H33BN2. The molecule has 0 N–H and O–H groups in total. The lowest BCUT2D eigenvalue weighted by molar-refractivity contribution is 0.195.